The summed E-state index contributed by atoms with van der Waals surface area (Å²) < 4.78 is 3.32. The number of quaternary nitrogens is 2. The van der Waals surface area contributed by atoms with Crippen molar-refractivity contribution in [2.45, 2.75) is 211 Å². The molecule has 8 aliphatic rings. The fourth-order valence-corrected chi connectivity index (χ4v) is 12.2. The van der Waals surface area contributed by atoms with Crippen LogP contribution in [-0.4, -0.2) is 70.8 Å². The maximum absolute atomic E-state index is 7.62. The zero-order chi connectivity index (χ0) is 60.5. The Kier molecular flexibility index (Phi) is 70.6. The molecule has 0 unspecified atom stereocenters. The second kappa shape index (κ2) is 56.9. The van der Waals surface area contributed by atoms with Crippen LogP contribution in [0.3, 0.4) is 0 Å². The van der Waals surface area contributed by atoms with Crippen molar-refractivity contribution < 1.29 is 62.0 Å². The van der Waals surface area contributed by atoms with Gasteiger partial charge in [0.05, 0.1) is 64.5 Å². The number of allylic oxidation sites excluding steroid dienone is 8. The first-order chi connectivity index (χ1) is 35.3. The molecule has 80 heavy (non-hydrogen) atoms. The normalized spacial score (nSPS) is 23.8. The molecular weight excluding hydrogens is 1530 g/mol. The zero-order valence-corrected chi connectivity index (χ0v) is 66.0. The maximum Gasteiger partial charge on any atom is 0.153 e. The molecule has 8 rings (SSSR count). The summed E-state index contributed by atoms with van der Waals surface area (Å²) in [7, 11) is 0. The van der Waals surface area contributed by atoms with Gasteiger partial charge in [0.1, 0.15) is 0 Å². The molecule has 0 aromatic carbocycles. The summed E-state index contributed by atoms with van der Waals surface area (Å²) in [6.07, 6.45) is 17.4. The van der Waals surface area contributed by atoms with Crippen molar-refractivity contribution >= 4 is 126 Å². The average Bonchev–Trinajstić information content (AvgIpc) is 3.33. The summed E-state index contributed by atoms with van der Waals surface area (Å²) in [5.41, 5.74) is 0. The van der Waals surface area contributed by atoms with Crippen LogP contribution in [0.1, 0.15) is 202 Å². The van der Waals surface area contributed by atoms with Crippen molar-refractivity contribution in [2.24, 2.45) is 35.5 Å². The summed E-state index contributed by atoms with van der Waals surface area (Å²) in [4.78, 5) is 6.59. The van der Waals surface area contributed by atoms with E-state index in [2.05, 4.69) is 156 Å². The molecule has 0 amide bonds. The summed E-state index contributed by atoms with van der Waals surface area (Å²) in [5, 5.41) is 29.9. The SMILES string of the molecule is C/C([S-])=C(\C)[S-].C/C([S-])=C(\C)[S-].C/C([S-])=C(\C)[S-].C/C([S-])=C(\C)[S-].CC#N.CC#N.CC[N+](CC)(CC)CC.CC[N+](CC)(CC)CC.N#CC#CC#N.[O-2].[O-2].[S-]C12CC3CC(CC(C3)C1)C2.[S-]C12CC3CC(CC(C3)C1)C2.[W].[W]. The Morgan fingerprint density at radius 1 is 0.350 bits per heavy atom. The van der Waals surface area contributed by atoms with Crippen molar-refractivity contribution in [3.63, 3.8) is 0 Å². The van der Waals surface area contributed by atoms with Crippen LogP contribution in [0.4, 0.5) is 0 Å². The van der Waals surface area contributed by atoms with E-state index in [9.17, 15) is 0 Å². The van der Waals surface area contributed by atoms with E-state index >= 15 is 0 Å². The Labute approximate surface area is 577 Å². The molecule has 8 bridgehead atoms. The molecule has 0 heterocycles. The number of hydrogen-bond acceptors (Lipinski definition) is 14. The average molecular weight is 1630 g/mol. The van der Waals surface area contributed by atoms with Gasteiger partial charge in [0.2, 0.25) is 0 Å². The molecule has 0 N–H and O–H groups in total. The Bertz CT molecular complexity index is 1620. The first-order valence-corrected chi connectivity index (χ1v) is 31.4. The molecule has 0 aliphatic heterocycles. The Morgan fingerprint density at radius 3 is 0.512 bits per heavy atom. The van der Waals surface area contributed by atoms with Gasteiger partial charge in [-0.1, -0.05) is 93.9 Å². The van der Waals surface area contributed by atoms with Gasteiger partial charge in [-0.05, 0) is 129 Å². The van der Waals surface area contributed by atoms with Crippen molar-refractivity contribution in [1.82, 2.24) is 0 Å². The first-order valence-electron chi connectivity index (χ1n) is 27.3. The van der Waals surface area contributed by atoms with Crippen molar-refractivity contribution in [2.75, 3.05) is 52.4 Å². The smallest absolute Gasteiger partial charge is 0.153 e. The molecule has 466 valence electrons. The van der Waals surface area contributed by atoms with Crippen LogP contribution >= 0.6 is 0 Å². The first kappa shape index (κ1) is 99.2. The Morgan fingerprint density at radius 2 is 0.463 bits per heavy atom. The second-order valence-electron chi connectivity index (χ2n) is 20.8. The quantitative estimate of drug-likeness (QED) is 0.129. The third kappa shape index (κ3) is 49.3. The monoisotopic (exact) mass is 1620 g/mol. The summed E-state index contributed by atoms with van der Waals surface area (Å²) in [5.74, 6) is 10.0. The molecule has 0 aromatic heterocycles. The number of nitriles is 4. The van der Waals surface area contributed by atoms with Gasteiger partial charge in [-0.25, -0.2) is 39.2 Å². The molecule has 8 aliphatic carbocycles. The molecule has 8 fully saturated rings. The molecule has 0 saturated heterocycles. The van der Waals surface area contributed by atoms with Crippen LogP contribution in [0.15, 0.2) is 39.2 Å². The van der Waals surface area contributed by atoms with E-state index in [-0.39, 0.29) is 53.1 Å². The van der Waals surface area contributed by atoms with E-state index < -0.39 is 0 Å². The molecule has 20 heteroatoms. The van der Waals surface area contributed by atoms with Crippen molar-refractivity contribution in [3.05, 3.63) is 39.2 Å². The molecular formula is C60H100N6O2S10W2-12. The second-order valence-corrected chi connectivity index (χ2v) is 27.4. The number of nitrogens with zero attached hydrogens (tertiary/aromatic N) is 6. The minimum atomic E-state index is 0. The summed E-state index contributed by atoms with van der Waals surface area (Å²) in [6, 6.07) is 6.47. The zero-order valence-electron chi connectivity index (χ0n) is 52.0. The van der Waals surface area contributed by atoms with Gasteiger partial charge in [0.25, 0.3) is 0 Å². The number of hydrogen-bond donors (Lipinski definition) is 0. The molecule has 8 saturated carbocycles. The van der Waals surface area contributed by atoms with Gasteiger partial charge in [-0.2, -0.15) is 30.5 Å². The fourth-order valence-electron chi connectivity index (χ4n) is 10.8. The minimum Gasteiger partial charge on any atom is -2.00 e. The third-order valence-electron chi connectivity index (χ3n) is 15.5. The van der Waals surface area contributed by atoms with Gasteiger partial charge in [-0.3, -0.25) is 0 Å². The molecule has 0 aromatic rings. The van der Waals surface area contributed by atoms with Crippen LogP contribution in [0.25, 0.3) is 0 Å². The van der Waals surface area contributed by atoms with E-state index in [1.165, 1.54) is 164 Å². The minimum absolute atomic E-state index is 0. The van der Waals surface area contributed by atoms with E-state index in [1.54, 1.807) is 12.1 Å². The van der Waals surface area contributed by atoms with Crippen LogP contribution in [0, 0.1) is 92.7 Å². The van der Waals surface area contributed by atoms with Crippen molar-refractivity contribution in [3.8, 4) is 36.1 Å². The molecule has 0 spiro atoms. The van der Waals surface area contributed by atoms with E-state index in [1.807, 2.05) is 67.2 Å². The third-order valence-corrected chi connectivity index (χ3v) is 19.5. The Hall–Kier alpha value is 0.157. The number of rotatable bonds is 8. The summed E-state index contributed by atoms with van der Waals surface area (Å²) in [6.45, 7) is 46.0. The predicted octanol–water partition coefficient (Wildman–Crippen LogP) is 15.0. The standard InChI is InChI=1S/2C10H16S.2C8H20N.C4N2.4C4H8S2.2C2H3N.2O.2W/c2*11-10-4-7-1-8(5-10)3-9(2-7)6-10;2*1-5-9(6-2,7-3)8-4;5-3-1-2-4-6;4*1-3(5)4(2)6;2*1-2-3;;;;/h2*7-9,11H,1-6H2;2*5-8H2,1-4H3;;4*5-6H,1-2H3;2*1H3;;;;/q;;2*+1;;;;;;;;2*-2;;/p-10/b;;;;;4*4-3-;;;;;;. The van der Waals surface area contributed by atoms with Crippen LogP contribution in [-0.2, 0) is 179 Å². The van der Waals surface area contributed by atoms with Gasteiger partial charge in [-0.15, -0.1) is 0 Å². The predicted molar refractivity (Wildman–Crippen MR) is 357 cm³/mol. The van der Waals surface area contributed by atoms with Crippen LogP contribution in [0.2, 0.25) is 0 Å². The van der Waals surface area contributed by atoms with Gasteiger partial charge >= 0.3 is 0 Å². The van der Waals surface area contributed by atoms with E-state index in [4.69, 9.17) is 46.3 Å². The molecule has 0 radical (unpaired) electrons. The Balaban J connectivity index is -0.000000101. The largest absolute Gasteiger partial charge is 2.00 e. The molecule has 8 nitrogen and oxygen atoms in total. The fraction of sp³-hybridized carbons (Fsp3) is 0.767. The van der Waals surface area contributed by atoms with Crippen LogP contribution < -0.4 is 0 Å². The van der Waals surface area contributed by atoms with Crippen molar-refractivity contribution in [1.29, 1.82) is 21.0 Å². The van der Waals surface area contributed by atoms with Gasteiger partial charge in [0.15, 0.2) is 12.1 Å². The van der Waals surface area contributed by atoms with E-state index in [0.717, 1.165) is 74.7 Å². The summed E-state index contributed by atoms with van der Waals surface area (Å²) >= 11 is 48.8. The maximum atomic E-state index is 7.62. The van der Waals surface area contributed by atoms with Crippen LogP contribution in [0.5, 0.6) is 0 Å². The molecule has 0 atom stereocenters. The van der Waals surface area contributed by atoms with Gasteiger partial charge in [0, 0.05) is 67.8 Å². The van der Waals surface area contributed by atoms with E-state index in [0.29, 0.717) is 9.49 Å². The van der Waals surface area contributed by atoms with Gasteiger partial charge < -0.3 is 146 Å². The topological polar surface area (TPSA) is 152 Å².